The van der Waals surface area contributed by atoms with Gasteiger partial charge in [-0.05, 0) is 36.2 Å². The lowest BCUT2D eigenvalue weighted by Gasteiger charge is -2.28. The van der Waals surface area contributed by atoms with E-state index < -0.39 is 0 Å². The molecular formula is C18H22N4O2. The van der Waals surface area contributed by atoms with Crippen LogP contribution >= 0.6 is 0 Å². The molecule has 0 bridgehead atoms. The van der Waals surface area contributed by atoms with Crippen molar-refractivity contribution in [3.63, 3.8) is 0 Å². The summed E-state index contributed by atoms with van der Waals surface area (Å²) in [5.74, 6) is 0.806. The Labute approximate surface area is 141 Å². The van der Waals surface area contributed by atoms with Gasteiger partial charge in [0.1, 0.15) is 5.82 Å². The summed E-state index contributed by atoms with van der Waals surface area (Å²) in [7, 11) is 1.66. The molecule has 1 N–H and O–H groups in total. The number of carbonyl (C=O) groups excluding carboxylic acids is 1. The van der Waals surface area contributed by atoms with Crippen molar-refractivity contribution >= 4 is 11.7 Å². The van der Waals surface area contributed by atoms with Crippen molar-refractivity contribution < 1.29 is 9.53 Å². The third kappa shape index (κ3) is 3.54. The predicted octanol–water partition coefficient (Wildman–Crippen LogP) is 2.25. The van der Waals surface area contributed by atoms with Gasteiger partial charge < -0.3 is 15.0 Å². The molecule has 0 spiro atoms. The Bertz CT molecular complexity index is 715. The largest absolute Gasteiger partial charge is 0.380 e. The molecule has 0 radical (unpaired) electrons. The first-order valence-electron chi connectivity index (χ1n) is 8.17. The van der Waals surface area contributed by atoms with E-state index in [2.05, 4.69) is 15.5 Å². The Morgan fingerprint density at radius 1 is 1.29 bits per heavy atom. The number of aromatic nitrogens is 2. The van der Waals surface area contributed by atoms with Gasteiger partial charge in [-0.25, -0.2) is 0 Å². The first kappa shape index (κ1) is 16.4. The molecule has 0 saturated carbocycles. The summed E-state index contributed by atoms with van der Waals surface area (Å²) in [5.41, 5.74) is 3.81. The minimum absolute atomic E-state index is 0.0476. The molecule has 1 aliphatic heterocycles. The van der Waals surface area contributed by atoms with Crippen LogP contribution < -0.4 is 5.32 Å². The number of hydrogen-bond donors (Lipinski definition) is 1. The normalized spacial score (nSPS) is 13.5. The molecule has 2 aromatic rings. The van der Waals surface area contributed by atoms with E-state index in [4.69, 9.17) is 4.74 Å². The molecule has 6 nitrogen and oxygen atoms in total. The molecular weight excluding hydrogens is 304 g/mol. The summed E-state index contributed by atoms with van der Waals surface area (Å²) in [6.45, 7) is 4.61. The lowest BCUT2D eigenvalue weighted by molar-refractivity contribution is 0.0733. The van der Waals surface area contributed by atoms with Gasteiger partial charge in [0.05, 0.1) is 12.3 Å². The molecule has 1 aromatic carbocycles. The van der Waals surface area contributed by atoms with Gasteiger partial charge in [0.2, 0.25) is 0 Å². The van der Waals surface area contributed by atoms with Crippen molar-refractivity contribution in [3.8, 4) is 0 Å². The Morgan fingerprint density at radius 2 is 2.08 bits per heavy atom. The van der Waals surface area contributed by atoms with Crippen LogP contribution in [0.5, 0.6) is 0 Å². The molecule has 0 atom stereocenters. The first-order chi connectivity index (χ1) is 11.7. The fourth-order valence-electron chi connectivity index (χ4n) is 2.86. The van der Waals surface area contributed by atoms with E-state index in [0.717, 1.165) is 35.6 Å². The number of carbonyl (C=O) groups is 1. The Balaban J connectivity index is 1.74. The van der Waals surface area contributed by atoms with E-state index in [0.29, 0.717) is 25.3 Å². The molecule has 126 valence electrons. The molecule has 1 amide bonds. The van der Waals surface area contributed by atoms with Gasteiger partial charge in [-0.2, -0.15) is 5.10 Å². The summed E-state index contributed by atoms with van der Waals surface area (Å²) < 4.78 is 5.10. The fraction of sp³-hybridized carbons (Fsp3) is 0.389. The second-order valence-electron chi connectivity index (χ2n) is 5.84. The lowest BCUT2D eigenvalue weighted by atomic mass is 10.0. The van der Waals surface area contributed by atoms with Gasteiger partial charge in [0.15, 0.2) is 0 Å². The molecule has 0 aliphatic carbocycles. The highest BCUT2D eigenvalue weighted by atomic mass is 16.5. The second-order valence-corrected chi connectivity index (χ2v) is 5.84. The molecule has 0 saturated heterocycles. The number of fused-ring (bicyclic) bond motifs is 1. The summed E-state index contributed by atoms with van der Waals surface area (Å²) in [5, 5.41) is 11.6. The average molecular weight is 326 g/mol. The molecule has 24 heavy (non-hydrogen) atoms. The van der Waals surface area contributed by atoms with Crippen molar-refractivity contribution in [2.45, 2.75) is 26.5 Å². The number of benzene rings is 1. The van der Waals surface area contributed by atoms with E-state index in [1.165, 1.54) is 0 Å². The number of nitrogens with zero attached hydrogens (tertiary/aromatic N) is 3. The Kier molecular flexibility index (Phi) is 5.05. The number of nitrogens with one attached hydrogen (secondary N) is 1. The summed E-state index contributed by atoms with van der Waals surface area (Å²) in [6, 6.07) is 9.59. The van der Waals surface area contributed by atoms with E-state index >= 15 is 0 Å². The van der Waals surface area contributed by atoms with Crippen molar-refractivity contribution in [1.29, 1.82) is 0 Å². The zero-order valence-electron chi connectivity index (χ0n) is 14.1. The zero-order valence-corrected chi connectivity index (χ0v) is 14.1. The SMILES string of the molecule is CCNc1cc2c(nn1)CCN(C(=O)c1ccc(COC)cc1)C2. The molecule has 0 fully saturated rings. The van der Waals surface area contributed by atoms with Crippen LogP contribution in [0.15, 0.2) is 30.3 Å². The summed E-state index contributed by atoms with van der Waals surface area (Å²) in [6.07, 6.45) is 0.738. The van der Waals surface area contributed by atoms with E-state index in [1.807, 2.05) is 42.2 Å². The number of ether oxygens (including phenoxy) is 1. The quantitative estimate of drug-likeness (QED) is 0.913. The topological polar surface area (TPSA) is 67.4 Å². The highest BCUT2D eigenvalue weighted by Crippen LogP contribution is 2.20. The predicted molar refractivity (Wildman–Crippen MR) is 91.8 cm³/mol. The van der Waals surface area contributed by atoms with Crippen molar-refractivity contribution in [3.05, 3.63) is 52.7 Å². The van der Waals surface area contributed by atoms with Crippen LogP contribution in [0.3, 0.4) is 0 Å². The van der Waals surface area contributed by atoms with Crippen LogP contribution in [0.4, 0.5) is 5.82 Å². The van der Waals surface area contributed by atoms with Gasteiger partial charge in [0, 0.05) is 38.7 Å². The van der Waals surface area contributed by atoms with Crippen LogP contribution in [-0.2, 0) is 24.3 Å². The molecule has 3 rings (SSSR count). The molecule has 2 heterocycles. The first-order valence-corrected chi connectivity index (χ1v) is 8.17. The molecule has 1 aromatic heterocycles. The van der Waals surface area contributed by atoms with E-state index in [9.17, 15) is 4.79 Å². The van der Waals surface area contributed by atoms with Gasteiger partial charge in [-0.3, -0.25) is 4.79 Å². The maximum absolute atomic E-state index is 12.7. The maximum Gasteiger partial charge on any atom is 0.254 e. The standard InChI is InChI=1S/C18H22N4O2/c1-3-19-17-10-15-11-22(9-8-16(15)20-21-17)18(23)14-6-4-13(5-7-14)12-24-2/h4-7,10H,3,8-9,11-12H2,1-2H3,(H,19,21). The van der Waals surface area contributed by atoms with Crippen molar-refractivity contribution in [2.24, 2.45) is 0 Å². The van der Waals surface area contributed by atoms with Gasteiger partial charge >= 0.3 is 0 Å². The smallest absolute Gasteiger partial charge is 0.254 e. The Hall–Kier alpha value is -2.47. The fourth-order valence-corrected chi connectivity index (χ4v) is 2.86. The van der Waals surface area contributed by atoms with Gasteiger partial charge in [-0.15, -0.1) is 5.10 Å². The molecule has 6 heteroatoms. The van der Waals surface area contributed by atoms with Crippen molar-refractivity contribution in [1.82, 2.24) is 15.1 Å². The maximum atomic E-state index is 12.7. The minimum Gasteiger partial charge on any atom is -0.380 e. The van der Waals surface area contributed by atoms with E-state index in [-0.39, 0.29) is 5.91 Å². The van der Waals surface area contributed by atoms with Gasteiger partial charge in [0.25, 0.3) is 5.91 Å². The number of amides is 1. The van der Waals surface area contributed by atoms with Crippen LogP contribution in [0.2, 0.25) is 0 Å². The average Bonchev–Trinajstić information content (AvgIpc) is 2.62. The molecule has 0 unspecified atom stereocenters. The van der Waals surface area contributed by atoms with Crippen LogP contribution in [0, 0.1) is 0 Å². The zero-order chi connectivity index (χ0) is 16.9. The third-order valence-electron chi connectivity index (χ3n) is 4.10. The number of methoxy groups -OCH3 is 1. The number of rotatable bonds is 5. The third-order valence-corrected chi connectivity index (χ3v) is 4.10. The monoisotopic (exact) mass is 326 g/mol. The van der Waals surface area contributed by atoms with Crippen LogP contribution in [0.1, 0.15) is 34.1 Å². The summed E-state index contributed by atoms with van der Waals surface area (Å²) >= 11 is 0. The van der Waals surface area contributed by atoms with Gasteiger partial charge in [-0.1, -0.05) is 12.1 Å². The van der Waals surface area contributed by atoms with E-state index in [1.54, 1.807) is 7.11 Å². The second kappa shape index (κ2) is 7.40. The number of hydrogen-bond acceptors (Lipinski definition) is 5. The lowest BCUT2D eigenvalue weighted by Crippen LogP contribution is -2.36. The summed E-state index contributed by atoms with van der Waals surface area (Å²) in [4.78, 5) is 14.6. The highest BCUT2D eigenvalue weighted by molar-refractivity contribution is 5.94. The Morgan fingerprint density at radius 3 is 2.79 bits per heavy atom. The van der Waals surface area contributed by atoms with Crippen LogP contribution in [-0.4, -0.2) is 41.2 Å². The minimum atomic E-state index is 0.0476. The number of anilines is 1. The highest BCUT2D eigenvalue weighted by Gasteiger charge is 2.23. The van der Waals surface area contributed by atoms with Crippen LogP contribution in [0.25, 0.3) is 0 Å². The molecule has 1 aliphatic rings. The van der Waals surface area contributed by atoms with Crippen molar-refractivity contribution in [2.75, 3.05) is 25.5 Å².